The van der Waals surface area contributed by atoms with Crippen molar-refractivity contribution in [2.75, 3.05) is 33.2 Å². The van der Waals surface area contributed by atoms with E-state index in [9.17, 15) is 5.11 Å². The summed E-state index contributed by atoms with van der Waals surface area (Å²) in [5.74, 6) is 0.760. The van der Waals surface area contributed by atoms with Gasteiger partial charge >= 0.3 is 0 Å². The smallest absolute Gasteiger partial charge is 0.0718 e. The van der Waals surface area contributed by atoms with Crippen molar-refractivity contribution in [3.05, 3.63) is 0 Å². The van der Waals surface area contributed by atoms with Crippen molar-refractivity contribution in [1.82, 2.24) is 10.2 Å². The third kappa shape index (κ3) is 6.36. The van der Waals surface area contributed by atoms with Gasteiger partial charge in [0, 0.05) is 13.1 Å². The maximum absolute atomic E-state index is 9.73. The molecule has 0 spiro atoms. The van der Waals surface area contributed by atoms with Gasteiger partial charge in [0.05, 0.1) is 5.60 Å². The summed E-state index contributed by atoms with van der Waals surface area (Å²) in [6.07, 6.45) is 2.59. The number of piperidine rings is 1. The van der Waals surface area contributed by atoms with Gasteiger partial charge in [-0.2, -0.15) is 0 Å². The van der Waals surface area contributed by atoms with Gasteiger partial charge in [-0.1, -0.05) is 0 Å². The summed E-state index contributed by atoms with van der Waals surface area (Å²) in [5, 5.41) is 13.0. The van der Waals surface area contributed by atoms with E-state index in [1.807, 2.05) is 20.9 Å². The number of halogens is 1. The number of hydrogen-bond acceptors (Lipinski definition) is 3. The van der Waals surface area contributed by atoms with Crippen LogP contribution in [-0.4, -0.2) is 48.8 Å². The van der Waals surface area contributed by atoms with Gasteiger partial charge < -0.3 is 15.3 Å². The van der Waals surface area contributed by atoms with Gasteiger partial charge in [-0.3, -0.25) is 0 Å². The minimum absolute atomic E-state index is 0. The van der Waals surface area contributed by atoms with Crippen molar-refractivity contribution in [2.45, 2.75) is 32.3 Å². The third-order valence-corrected chi connectivity index (χ3v) is 2.71. The van der Waals surface area contributed by atoms with Crippen LogP contribution in [0.1, 0.15) is 26.7 Å². The fourth-order valence-corrected chi connectivity index (χ4v) is 2.30. The summed E-state index contributed by atoms with van der Waals surface area (Å²) in [7, 11) is 2.01. The highest BCUT2D eigenvalue weighted by molar-refractivity contribution is 5.85. The first-order chi connectivity index (χ1) is 6.51. The van der Waals surface area contributed by atoms with E-state index in [4.69, 9.17) is 0 Å². The van der Waals surface area contributed by atoms with Crippen molar-refractivity contribution in [3.8, 4) is 0 Å². The summed E-state index contributed by atoms with van der Waals surface area (Å²) in [6, 6.07) is 0. The highest BCUT2D eigenvalue weighted by atomic mass is 35.5. The van der Waals surface area contributed by atoms with Gasteiger partial charge in [-0.25, -0.2) is 0 Å². The number of nitrogens with one attached hydrogen (secondary N) is 1. The summed E-state index contributed by atoms with van der Waals surface area (Å²) in [5.41, 5.74) is -0.554. The zero-order valence-corrected chi connectivity index (χ0v) is 10.9. The molecule has 4 heteroatoms. The summed E-state index contributed by atoms with van der Waals surface area (Å²) in [4.78, 5) is 2.38. The quantitative estimate of drug-likeness (QED) is 0.768. The first-order valence-corrected chi connectivity index (χ1v) is 5.60. The molecule has 0 aromatic heterocycles. The molecule has 1 unspecified atom stereocenters. The average Bonchev–Trinajstić information content (AvgIpc) is 2.02. The number of rotatable bonds is 4. The van der Waals surface area contributed by atoms with Crippen LogP contribution in [0.25, 0.3) is 0 Å². The number of aliphatic hydroxyl groups is 1. The second-order valence-corrected chi connectivity index (χ2v) is 5.11. The van der Waals surface area contributed by atoms with E-state index >= 15 is 0 Å². The second kappa shape index (κ2) is 6.69. The van der Waals surface area contributed by atoms with E-state index in [0.717, 1.165) is 32.1 Å². The summed E-state index contributed by atoms with van der Waals surface area (Å²) < 4.78 is 0. The first kappa shape index (κ1) is 15.2. The zero-order valence-electron chi connectivity index (χ0n) is 10.1. The van der Waals surface area contributed by atoms with E-state index in [1.54, 1.807) is 0 Å². The van der Waals surface area contributed by atoms with E-state index < -0.39 is 5.60 Å². The molecule has 0 aromatic rings. The molecule has 1 aliphatic rings. The Balaban J connectivity index is 0.00000196. The van der Waals surface area contributed by atoms with Gasteiger partial charge in [0.15, 0.2) is 0 Å². The van der Waals surface area contributed by atoms with Gasteiger partial charge in [0.1, 0.15) is 0 Å². The fourth-order valence-electron chi connectivity index (χ4n) is 2.30. The Kier molecular flexibility index (Phi) is 6.76. The molecule has 0 aliphatic carbocycles. The lowest BCUT2D eigenvalue weighted by Crippen LogP contribution is -2.45. The van der Waals surface area contributed by atoms with Crippen LogP contribution in [0, 0.1) is 5.92 Å². The number of hydrogen-bond donors (Lipinski definition) is 2. The molecular formula is C11H25ClN2O. The van der Waals surface area contributed by atoms with Crippen LogP contribution in [0.3, 0.4) is 0 Å². The molecule has 3 nitrogen and oxygen atoms in total. The SMILES string of the molecule is CNCC1CCCN(CC(C)(C)O)C1.Cl. The van der Waals surface area contributed by atoms with Crippen LogP contribution in [0.15, 0.2) is 0 Å². The Hall–Kier alpha value is 0.170. The minimum Gasteiger partial charge on any atom is -0.389 e. The summed E-state index contributed by atoms with van der Waals surface area (Å²) >= 11 is 0. The lowest BCUT2D eigenvalue weighted by Gasteiger charge is -2.35. The number of likely N-dealkylation sites (tertiary alicyclic amines) is 1. The Morgan fingerprint density at radius 1 is 1.47 bits per heavy atom. The predicted molar refractivity (Wildman–Crippen MR) is 66.6 cm³/mol. The average molecular weight is 237 g/mol. The van der Waals surface area contributed by atoms with Crippen molar-refractivity contribution in [2.24, 2.45) is 5.92 Å². The standard InChI is InChI=1S/C11H24N2O.ClH/c1-11(2,14)9-13-6-4-5-10(8-13)7-12-3;/h10,12,14H,4-9H2,1-3H3;1H. The largest absolute Gasteiger partial charge is 0.389 e. The van der Waals surface area contributed by atoms with Crippen molar-refractivity contribution >= 4 is 12.4 Å². The topological polar surface area (TPSA) is 35.5 Å². The Bertz CT molecular complexity index is 168. The lowest BCUT2D eigenvalue weighted by atomic mass is 9.96. The van der Waals surface area contributed by atoms with Crippen molar-refractivity contribution in [3.63, 3.8) is 0 Å². The molecule has 0 aromatic carbocycles. The van der Waals surface area contributed by atoms with E-state index in [0.29, 0.717) is 0 Å². The van der Waals surface area contributed by atoms with Crippen LogP contribution >= 0.6 is 12.4 Å². The van der Waals surface area contributed by atoms with E-state index in [1.165, 1.54) is 12.8 Å². The van der Waals surface area contributed by atoms with Crippen LogP contribution in [0.2, 0.25) is 0 Å². The molecule has 1 atom stereocenters. The van der Waals surface area contributed by atoms with Crippen molar-refractivity contribution in [1.29, 1.82) is 0 Å². The van der Waals surface area contributed by atoms with Crippen LogP contribution in [-0.2, 0) is 0 Å². The molecule has 1 aliphatic heterocycles. The van der Waals surface area contributed by atoms with Gasteiger partial charge in [0.25, 0.3) is 0 Å². The van der Waals surface area contributed by atoms with Gasteiger partial charge in [0.2, 0.25) is 0 Å². The van der Waals surface area contributed by atoms with Crippen LogP contribution in [0.5, 0.6) is 0 Å². The molecule has 1 rings (SSSR count). The summed E-state index contributed by atoms with van der Waals surface area (Å²) in [6.45, 7) is 7.94. The number of β-amino-alcohol motifs (C(OH)–C–C–N with tert-alkyl or cyclic N) is 1. The van der Waals surface area contributed by atoms with Crippen LogP contribution < -0.4 is 5.32 Å². The minimum atomic E-state index is -0.554. The van der Waals surface area contributed by atoms with Crippen LogP contribution in [0.4, 0.5) is 0 Å². The van der Waals surface area contributed by atoms with Crippen molar-refractivity contribution < 1.29 is 5.11 Å². The molecule has 0 radical (unpaired) electrons. The molecule has 1 heterocycles. The molecule has 1 saturated heterocycles. The molecule has 0 amide bonds. The maximum Gasteiger partial charge on any atom is 0.0718 e. The first-order valence-electron chi connectivity index (χ1n) is 5.60. The van der Waals surface area contributed by atoms with Gasteiger partial charge in [-0.05, 0) is 52.7 Å². The van der Waals surface area contributed by atoms with Gasteiger partial charge in [-0.15, -0.1) is 12.4 Å². The monoisotopic (exact) mass is 236 g/mol. The highest BCUT2D eigenvalue weighted by Crippen LogP contribution is 2.17. The molecule has 15 heavy (non-hydrogen) atoms. The third-order valence-electron chi connectivity index (χ3n) is 2.71. The molecule has 1 fully saturated rings. The van der Waals surface area contributed by atoms with E-state index in [-0.39, 0.29) is 12.4 Å². The fraction of sp³-hybridized carbons (Fsp3) is 1.00. The zero-order chi connectivity index (χ0) is 10.6. The molecule has 0 bridgehead atoms. The Labute approximate surface area is 99.6 Å². The highest BCUT2D eigenvalue weighted by Gasteiger charge is 2.23. The maximum atomic E-state index is 9.73. The number of nitrogens with zero attached hydrogens (tertiary/aromatic N) is 1. The Morgan fingerprint density at radius 3 is 2.67 bits per heavy atom. The molecule has 0 saturated carbocycles. The second-order valence-electron chi connectivity index (χ2n) is 5.11. The Morgan fingerprint density at radius 2 is 2.13 bits per heavy atom. The lowest BCUT2D eigenvalue weighted by molar-refractivity contribution is 0.0218. The normalized spacial score (nSPS) is 23.6. The molecule has 92 valence electrons. The molecular weight excluding hydrogens is 212 g/mol. The predicted octanol–water partition coefficient (Wildman–Crippen LogP) is 1.11. The molecule has 2 N–H and O–H groups in total. The van der Waals surface area contributed by atoms with E-state index in [2.05, 4.69) is 10.2 Å².